The molecule has 0 spiro atoms. The van der Waals surface area contributed by atoms with Crippen molar-refractivity contribution in [2.45, 2.75) is 38.9 Å². The summed E-state index contributed by atoms with van der Waals surface area (Å²) in [6, 6.07) is 16.1. The van der Waals surface area contributed by atoms with Crippen molar-refractivity contribution in [1.82, 2.24) is 0 Å². The summed E-state index contributed by atoms with van der Waals surface area (Å²) in [5.41, 5.74) is -0.783. The summed E-state index contributed by atoms with van der Waals surface area (Å²) >= 11 is 0. The molecule has 2 rings (SSSR count). The van der Waals surface area contributed by atoms with Gasteiger partial charge in [0, 0.05) is 12.2 Å². The van der Waals surface area contributed by atoms with Crippen LogP contribution in [0.5, 0.6) is 5.75 Å². The van der Waals surface area contributed by atoms with Crippen LogP contribution in [-0.4, -0.2) is 30.1 Å². The van der Waals surface area contributed by atoms with Gasteiger partial charge in [-0.05, 0) is 57.2 Å². The van der Waals surface area contributed by atoms with Crippen LogP contribution in [0.4, 0.5) is 10.1 Å². The lowest BCUT2D eigenvalue weighted by molar-refractivity contribution is -0.167. The third-order valence-electron chi connectivity index (χ3n) is 4.09. The van der Waals surface area contributed by atoms with Gasteiger partial charge in [-0.3, -0.25) is 4.79 Å². The molecule has 0 fully saturated rings. The molecule has 152 valence electrons. The molecular formula is C22H23FN2O4. The molecule has 0 aliphatic heterocycles. The Bertz CT molecular complexity index is 876. The lowest BCUT2D eigenvalue weighted by atomic mass is 10.1. The number of rotatable bonds is 8. The van der Waals surface area contributed by atoms with Crippen molar-refractivity contribution in [2.75, 3.05) is 11.4 Å². The van der Waals surface area contributed by atoms with Crippen LogP contribution in [-0.2, 0) is 14.3 Å². The molecule has 0 aliphatic rings. The van der Waals surface area contributed by atoms with Crippen LogP contribution in [0.3, 0.4) is 0 Å². The number of benzene rings is 2. The Balaban J connectivity index is 2.08. The van der Waals surface area contributed by atoms with Crippen LogP contribution in [0.15, 0.2) is 54.6 Å². The van der Waals surface area contributed by atoms with E-state index in [1.807, 2.05) is 12.1 Å². The van der Waals surface area contributed by atoms with Gasteiger partial charge < -0.3 is 14.4 Å². The van der Waals surface area contributed by atoms with Gasteiger partial charge in [-0.1, -0.05) is 18.2 Å². The average molecular weight is 398 g/mol. The predicted molar refractivity (Wildman–Crippen MR) is 106 cm³/mol. The molecule has 0 aromatic heterocycles. The first-order valence-electron chi connectivity index (χ1n) is 9.13. The van der Waals surface area contributed by atoms with Gasteiger partial charge in [-0.2, -0.15) is 5.26 Å². The van der Waals surface area contributed by atoms with E-state index in [1.165, 1.54) is 49.9 Å². The fraction of sp³-hybridized carbons (Fsp3) is 0.318. The van der Waals surface area contributed by atoms with Crippen LogP contribution in [0.1, 0.15) is 27.2 Å². The zero-order valence-electron chi connectivity index (χ0n) is 16.6. The number of para-hydroxylation sites is 1. The van der Waals surface area contributed by atoms with E-state index in [1.54, 1.807) is 24.3 Å². The Morgan fingerprint density at radius 1 is 1.14 bits per heavy atom. The Labute approximate surface area is 169 Å². The highest BCUT2D eigenvalue weighted by molar-refractivity contribution is 5.97. The molecule has 0 unspecified atom stereocenters. The first-order chi connectivity index (χ1) is 13.7. The molecule has 0 aliphatic carbocycles. The van der Waals surface area contributed by atoms with E-state index >= 15 is 0 Å². The molecule has 2 aromatic carbocycles. The first-order valence-corrected chi connectivity index (χ1v) is 9.13. The quantitative estimate of drug-likeness (QED) is 0.631. The van der Waals surface area contributed by atoms with E-state index in [0.29, 0.717) is 11.4 Å². The second-order valence-electron chi connectivity index (χ2n) is 6.85. The third kappa shape index (κ3) is 6.04. The number of hydrogen-bond acceptors (Lipinski definition) is 5. The number of amides is 1. The molecule has 0 heterocycles. The van der Waals surface area contributed by atoms with E-state index < -0.39 is 29.4 Å². The van der Waals surface area contributed by atoms with Crippen molar-refractivity contribution < 1.29 is 23.5 Å². The standard InChI is InChI=1S/C22H23FN2O4/c1-16(20(26)25(15-7-14-24)18-8-5-4-6-9-18)28-21(27)22(2,3)29-19-12-10-17(23)11-13-19/h4-6,8-13,16H,7,15H2,1-3H3/t16-/m0/s1. The lowest BCUT2D eigenvalue weighted by Gasteiger charge is -2.28. The Morgan fingerprint density at radius 2 is 1.76 bits per heavy atom. The van der Waals surface area contributed by atoms with E-state index in [-0.39, 0.29) is 13.0 Å². The Morgan fingerprint density at radius 3 is 2.34 bits per heavy atom. The molecule has 2 aromatic rings. The summed E-state index contributed by atoms with van der Waals surface area (Å²) in [5.74, 6) is -1.31. The second kappa shape index (κ2) is 9.69. The minimum Gasteiger partial charge on any atom is -0.476 e. The largest absolute Gasteiger partial charge is 0.476 e. The fourth-order valence-electron chi connectivity index (χ4n) is 2.55. The third-order valence-corrected chi connectivity index (χ3v) is 4.09. The number of carbonyl (C=O) groups excluding carboxylic acids is 2. The van der Waals surface area contributed by atoms with Gasteiger partial charge in [0.25, 0.3) is 5.91 Å². The molecule has 0 N–H and O–H groups in total. The van der Waals surface area contributed by atoms with Crippen molar-refractivity contribution in [1.29, 1.82) is 5.26 Å². The maximum absolute atomic E-state index is 13.0. The van der Waals surface area contributed by atoms with Gasteiger partial charge in [-0.15, -0.1) is 0 Å². The van der Waals surface area contributed by atoms with E-state index in [0.717, 1.165) is 0 Å². The van der Waals surface area contributed by atoms with Crippen molar-refractivity contribution >= 4 is 17.6 Å². The van der Waals surface area contributed by atoms with Crippen LogP contribution < -0.4 is 9.64 Å². The van der Waals surface area contributed by atoms with Crippen LogP contribution >= 0.6 is 0 Å². The molecule has 0 radical (unpaired) electrons. The summed E-state index contributed by atoms with van der Waals surface area (Å²) in [5, 5.41) is 8.88. The maximum atomic E-state index is 13.0. The molecule has 0 saturated carbocycles. The molecule has 7 heteroatoms. The Hall–Kier alpha value is -3.40. The summed E-state index contributed by atoms with van der Waals surface area (Å²) in [4.78, 5) is 26.9. The molecule has 29 heavy (non-hydrogen) atoms. The van der Waals surface area contributed by atoms with Crippen molar-refractivity contribution in [3.63, 3.8) is 0 Å². The van der Waals surface area contributed by atoms with E-state index in [4.69, 9.17) is 14.7 Å². The van der Waals surface area contributed by atoms with Crippen molar-refractivity contribution in [3.8, 4) is 11.8 Å². The SMILES string of the molecule is C[C@H](OC(=O)C(C)(C)Oc1ccc(F)cc1)C(=O)N(CCC#N)c1ccccc1. The van der Waals surface area contributed by atoms with Gasteiger partial charge in [0.2, 0.25) is 0 Å². The normalized spacial score (nSPS) is 11.8. The molecule has 0 saturated heterocycles. The summed E-state index contributed by atoms with van der Waals surface area (Å²) in [6.45, 7) is 4.65. The number of esters is 1. The van der Waals surface area contributed by atoms with Gasteiger partial charge >= 0.3 is 5.97 Å². The van der Waals surface area contributed by atoms with Crippen LogP contribution in [0, 0.1) is 17.1 Å². The zero-order valence-corrected chi connectivity index (χ0v) is 16.6. The van der Waals surface area contributed by atoms with Gasteiger partial charge in [0.05, 0.1) is 12.5 Å². The van der Waals surface area contributed by atoms with E-state index in [9.17, 15) is 14.0 Å². The highest BCUT2D eigenvalue weighted by Crippen LogP contribution is 2.21. The number of anilines is 1. The van der Waals surface area contributed by atoms with E-state index in [2.05, 4.69) is 0 Å². The minimum absolute atomic E-state index is 0.139. The van der Waals surface area contributed by atoms with Crippen molar-refractivity contribution in [3.05, 3.63) is 60.4 Å². The first kappa shape index (κ1) is 21.9. The molecule has 1 atom stereocenters. The highest BCUT2D eigenvalue weighted by Gasteiger charge is 2.35. The van der Waals surface area contributed by atoms with Crippen LogP contribution in [0.25, 0.3) is 0 Å². The molecule has 6 nitrogen and oxygen atoms in total. The number of nitrogens with zero attached hydrogens (tertiary/aromatic N) is 2. The Kier molecular flexibility index (Phi) is 7.32. The molecular weight excluding hydrogens is 375 g/mol. The zero-order chi connectivity index (χ0) is 21.4. The summed E-state index contributed by atoms with van der Waals surface area (Å²) < 4.78 is 24.0. The topological polar surface area (TPSA) is 79.6 Å². The maximum Gasteiger partial charge on any atom is 0.350 e. The number of hydrogen-bond donors (Lipinski definition) is 0. The van der Waals surface area contributed by atoms with Gasteiger partial charge in [-0.25, -0.2) is 9.18 Å². The number of halogens is 1. The monoisotopic (exact) mass is 398 g/mol. The number of nitriles is 1. The number of carbonyl (C=O) groups is 2. The molecule has 1 amide bonds. The predicted octanol–water partition coefficient (Wildman–Crippen LogP) is 3.86. The summed E-state index contributed by atoms with van der Waals surface area (Å²) in [7, 11) is 0. The smallest absolute Gasteiger partial charge is 0.350 e. The number of ether oxygens (including phenoxy) is 2. The molecule has 0 bridgehead atoms. The van der Waals surface area contributed by atoms with Gasteiger partial charge in [0.15, 0.2) is 11.7 Å². The minimum atomic E-state index is -1.39. The van der Waals surface area contributed by atoms with Crippen molar-refractivity contribution in [2.24, 2.45) is 0 Å². The lowest BCUT2D eigenvalue weighted by Crippen LogP contribution is -2.46. The summed E-state index contributed by atoms with van der Waals surface area (Å²) in [6.07, 6.45) is -0.946. The highest BCUT2D eigenvalue weighted by atomic mass is 19.1. The average Bonchev–Trinajstić information content (AvgIpc) is 2.70. The van der Waals surface area contributed by atoms with Crippen LogP contribution in [0.2, 0.25) is 0 Å². The second-order valence-corrected chi connectivity index (χ2v) is 6.85. The van der Waals surface area contributed by atoms with Gasteiger partial charge in [0.1, 0.15) is 11.6 Å². The fourth-order valence-corrected chi connectivity index (χ4v) is 2.55.